The van der Waals surface area contributed by atoms with E-state index in [1.54, 1.807) is 14.2 Å². The molecule has 1 atom stereocenters. The zero-order valence-corrected chi connectivity index (χ0v) is 15.7. The maximum Gasteiger partial charge on any atom is 0.170 e. The molecule has 2 aliphatic heterocycles. The average molecular weight is 368 g/mol. The maximum absolute atomic E-state index is 12.8. The highest BCUT2D eigenvalue weighted by Gasteiger charge is 2.29. The van der Waals surface area contributed by atoms with Crippen molar-refractivity contribution in [1.29, 1.82) is 0 Å². The second-order valence-electron chi connectivity index (χ2n) is 6.77. The Morgan fingerprint density at radius 2 is 1.81 bits per heavy atom. The number of Topliss-reactive ketones (excluding diaryl/α,β-unsaturated/α-hetero) is 1. The fourth-order valence-corrected chi connectivity index (χ4v) is 3.67. The van der Waals surface area contributed by atoms with Gasteiger partial charge in [-0.2, -0.15) is 0 Å². The van der Waals surface area contributed by atoms with Crippen LogP contribution in [0.15, 0.2) is 36.4 Å². The van der Waals surface area contributed by atoms with E-state index in [-0.39, 0.29) is 11.9 Å². The molecule has 0 aliphatic carbocycles. The Morgan fingerprint density at radius 1 is 1.04 bits per heavy atom. The number of nitrogens with one attached hydrogen (secondary N) is 1. The van der Waals surface area contributed by atoms with Crippen LogP contribution in [0.1, 0.15) is 28.4 Å². The molecule has 0 spiro atoms. The van der Waals surface area contributed by atoms with Crippen molar-refractivity contribution in [2.45, 2.75) is 12.5 Å². The summed E-state index contributed by atoms with van der Waals surface area (Å²) in [5, 5.41) is 3.34. The zero-order valence-electron chi connectivity index (χ0n) is 15.7. The van der Waals surface area contributed by atoms with Gasteiger partial charge in [0.15, 0.2) is 17.3 Å². The minimum absolute atomic E-state index is 0.105. The lowest BCUT2D eigenvalue weighted by Gasteiger charge is -2.31. The first-order valence-corrected chi connectivity index (χ1v) is 9.21. The van der Waals surface area contributed by atoms with Crippen LogP contribution in [0, 0.1) is 0 Å². The number of carbonyl (C=O) groups excluding carboxylic acids is 1. The number of fused-ring (bicyclic) bond motifs is 1. The fraction of sp³-hybridized carbons (Fsp3) is 0.381. The third kappa shape index (κ3) is 3.45. The van der Waals surface area contributed by atoms with Crippen LogP contribution in [0.2, 0.25) is 0 Å². The number of hydrogen-bond donors (Lipinski definition) is 1. The van der Waals surface area contributed by atoms with Gasteiger partial charge in [0, 0.05) is 31.9 Å². The molecule has 1 unspecified atom stereocenters. The van der Waals surface area contributed by atoms with Gasteiger partial charge in [-0.1, -0.05) is 6.07 Å². The van der Waals surface area contributed by atoms with E-state index in [1.807, 2.05) is 36.4 Å². The van der Waals surface area contributed by atoms with Gasteiger partial charge in [-0.3, -0.25) is 4.79 Å². The lowest BCUT2D eigenvalue weighted by atomic mass is 9.95. The highest BCUT2D eigenvalue weighted by atomic mass is 16.5. The Morgan fingerprint density at radius 3 is 2.56 bits per heavy atom. The largest absolute Gasteiger partial charge is 0.493 e. The molecule has 27 heavy (non-hydrogen) atoms. The fourth-order valence-electron chi connectivity index (χ4n) is 3.67. The van der Waals surface area contributed by atoms with Gasteiger partial charge < -0.3 is 24.4 Å². The number of rotatable bonds is 4. The van der Waals surface area contributed by atoms with Crippen molar-refractivity contribution in [3.8, 4) is 17.2 Å². The van der Waals surface area contributed by atoms with E-state index in [1.165, 1.54) is 0 Å². The summed E-state index contributed by atoms with van der Waals surface area (Å²) in [6.07, 6.45) is -0.0112. The summed E-state index contributed by atoms with van der Waals surface area (Å²) in [6.45, 7) is 3.82. The molecule has 2 aliphatic rings. The molecule has 142 valence electrons. The second kappa shape index (κ2) is 7.48. The van der Waals surface area contributed by atoms with Crippen LogP contribution >= 0.6 is 0 Å². The predicted molar refractivity (Wildman–Crippen MR) is 103 cm³/mol. The Balaban J connectivity index is 1.59. The van der Waals surface area contributed by atoms with E-state index < -0.39 is 0 Å². The molecule has 4 rings (SSSR count). The van der Waals surface area contributed by atoms with E-state index in [0.717, 1.165) is 37.4 Å². The first-order valence-electron chi connectivity index (χ1n) is 9.21. The molecule has 1 saturated heterocycles. The van der Waals surface area contributed by atoms with Gasteiger partial charge in [-0.25, -0.2) is 0 Å². The highest BCUT2D eigenvalue weighted by Crippen LogP contribution is 2.39. The topological polar surface area (TPSA) is 60.0 Å². The van der Waals surface area contributed by atoms with Crippen LogP contribution in [-0.2, 0) is 0 Å². The van der Waals surface area contributed by atoms with Crippen LogP contribution < -0.4 is 24.4 Å². The summed E-state index contributed by atoms with van der Waals surface area (Å²) in [5.74, 6) is 2.04. The van der Waals surface area contributed by atoms with Crippen LogP contribution in [0.3, 0.4) is 0 Å². The quantitative estimate of drug-likeness (QED) is 0.896. The third-order valence-electron chi connectivity index (χ3n) is 5.17. The van der Waals surface area contributed by atoms with Crippen molar-refractivity contribution in [1.82, 2.24) is 5.32 Å². The Kier molecular flexibility index (Phi) is 4.90. The first-order chi connectivity index (χ1) is 13.2. The van der Waals surface area contributed by atoms with Gasteiger partial charge >= 0.3 is 0 Å². The molecule has 6 nitrogen and oxygen atoms in total. The number of benzene rings is 2. The van der Waals surface area contributed by atoms with Gasteiger partial charge in [-0.15, -0.1) is 0 Å². The van der Waals surface area contributed by atoms with Gasteiger partial charge in [0.1, 0.15) is 11.9 Å². The number of piperazine rings is 1. The van der Waals surface area contributed by atoms with Crippen LogP contribution in [-0.4, -0.2) is 46.2 Å². The Bertz CT molecular complexity index is 846. The van der Waals surface area contributed by atoms with Crippen molar-refractivity contribution < 1.29 is 19.0 Å². The molecule has 1 N–H and O–H groups in total. The number of methoxy groups -OCH3 is 2. The van der Waals surface area contributed by atoms with Gasteiger partial charge in [0.2, 0.25) is 0 Å². The summed E-state index contributed by atoms with van der Waals surface area (Å²) < 4.78 is 16.8. The van der Waals surface area contributed by atoms with E-state index in [9.17, 15) is 4.79 Å². The summed E-state index contributed by atoms with van der Waals surface area (Å²) in [4.78, 5) is 15.1. The summed E-state index contributed by atoms with van der Waals surface area (Å²) in [7, 11) is 3.20. The SMILES string of the molecule is COc1ccc(C2CC(=O)c3cc(N4CCNCC4)ccc3O2)cc1OC. The summed E-state index contributed by atoms with van der Waals surface area (Å²) >= 11 is 0. The lowest BCUT2D eigenvalue weighted by molar-refractivity contribution is 0.0850. The molecular formula is C21H24N2O4. The number of carbonyl (C=O) groups is 1. The predicted octanol–water partition coefficient (Wildman–Crippen LogP) is 2.82. The van der Waals surface area contributed by atoms with Gasteiger partial charge in [0.25, 0.3) is 0 Å². The number of ketones is 1. The minimum atomic E-state index is -0.324. The average Bonchev–Trinajstić information content (AvgIpc) is 2.73. The Labute approximate surface area is 159 Å². The molecular weight excluding hydrogens is 344 g/mol. The molecule has 1 fully saturated rings. The van der Waals surface area contributed by atoms with Crippen LogP contribution in [0.5, 0.6) is 17.2 Å². The number of anilines is 1. The first kappa shape index (κ1) is 17.7. The zero-order chi connectivity index (χ0) is 18.8. The van der Waals surface area contributed by atoms with E-state index >= 15 is 0 Å². The molecule has 0 aromatic heterocycles. The third-order valence-corrected chi connectivity index (χ3v) is 5.17. The number of ether oxygens (including phenoxy) is 3. The molecule has 0 bridgehead atoms. The molecule has 6 heteroatoms. The van der Waals surface area contributed by atoms with Crippen molar-refractivity contribution in [2.75, 3.05) is 45.3 Å². The van der Waals surface area contributed by atoms with E-state index in [4.69, 9.17) is 14.2 Å². The summed E-state index contributed by atoms with van der Waals surface area (Å²) in [5.41, 5.74) is 2.65. The van der Waals surface area contributed by atoms with E-state index in [2.05, 4.69) is 10.2 Å². The molecule has 2 aromatic rings. The van der Waals surface area contributed by atoms with Crippen molar-refractivity contribution in [3.05, 3.63) is 47.5 Å². The van der Waals surface area contributed by atoms with E-state index in [0.29, 0.717) is 29.2 Å². The van der Waals surface area contributed by atoms with Crippen molar-refractivity contribution in [2.24, 2.45) is 0 Å². The second-order valence-corrected chi connectivity index (χ2v) is 6.77. The molecule has 0 saturated carbocycles. The van der Waals surface area contributed by atoms with Crippen molar-refractivity contribution >= 4 is 11.5 Å². The normalized spacial score (nSPS) is 19.3. The minimum Gasteiger partial charge on any atom is -0.493 e. The van der Waals surface area contributed by atoms with Crippen LogP contribution in [0.25, 0.3) is 0 Å². The molecule has 0 amide bonds. The lowest BCUT2D eigenvalue weighted by Crippen LogP contribution is -2.43. The Hall–Kier alpha value is -2.73. The smallest absolute Gasteiger partial charge is 0.170 e. The number of hydrogen-bond acceptors (Lipinski definition) is 6. The molecule has 2 heterocycles. The van der Waals surface area contributed by atoms with Gasteiger partial charge in [-0.05, 0) is 35.9 Å². The molecule has 0 radical (unpaired) electrons. The monoisotopic (exact) mass is 368 g/mol. The van der Waals surface area contributed by atoms with Crippen LogP contribution in [0.4, 0.5) is 5.69 Å². The summed E-state index contributed by atoms with van der Waals surface area (Å²) in [6, 6.07) is 11.5. The van der Waals surface area contributed by atoms with Crippen molar-refractivity contribution in [3.63, 3.8) is 0 Å². The standard InChI is InChI=1S/C21H24N2O4/c1-25-19-5-3-14(11-21(19)26-2)20-13-17(24)16-12-15(4-6-18(16)27-20)23-9-7-22-8-10-23/h3-6,11-12,20,22H,7-10,13H2,1-2H3. The van der Waals surface area contributed by atoms with Gasteiger partial charge in [0.05, 0.1) is 26.2 Å². The highest BCUT2D eigenvalue weighted by molar-refractivity contribution is 6.01. The maximum atomic E-state index is 12.8. The molecule has 2 aromatic carbocycles. The number of nitrogens with zero attached hydrogens (tertiary/aromatic N) is 1.